The summed E-state index contributed by atoms with van der Waals surface area (Å²) in [5.41, 5.74) is 0. The van der Waals surface area contributed by atoms with Gasteiger partial charge in [-0.25, -0.2) is 9.59 Å². The van der Waals surface area contributed by atoms with Crippen molar-refractivity contribution in [1.82, 2.24) is 15.5 Å². The number of nitrogens with zero attached hydrogens (tertiary/aromatic N) is 1. The Morgan fingerprint density at radius 1 is 1.40 bits per heavy atom. The van der Waals surface area contributed by atoms with Crippen LogP contribution < -0.4 is 10.6 Å². The normalized spacial score (nSPS) is 21.2. The summed E-state index contributed by atoms with van der Waals surface area (Å²) in [7, 11) is 0. The highest BCUT2D eigenvalue weighted by Crippen LogP contribution is 2.09. The fourth-order valence-electron chi connectivity index (χ4n) is 2.51. The van der Waals surface area contributed by atoms with Crippen molar-refractivity contribution in [1.29, 1.82) is 0 Å². The molecule has 1 saturated heterocycles. The third kappa shape index (κ3) is 5.77. The van der Waals surface area contributed by atoms with Gasteiger partial charge < -0.3 is 20.6 Å². The minimum absolute atomic E-state index is 0.115. The molecule has 0 aromatic carbocycles. The quantitative estimate of drug-likeness (QED) is 0.660. The van der Waals surface area contributed by atoms with Crippen molar-refractivity contribution in [2.45, 2.75) is 58.0 Å². The Morgan fingerprint density at radius 2 is 2.15 bits per heavy atom. The van der Waals surface area contributed by atoms with E-state index in [4.69, 9.17) is 5.11 Å². The van der Waals surface area contributed by atoms with Crippen molar-refractivity contribution >= 4 is 12.0 Å². The number of likely N-dealkylation sites (N-methyl/N-ethyl adjacent to an activating group) is 1. The molecule has 0 aromatic heterocycles. The molecule has 0 bridgehead atoms. The van der Waals surface area contributed by atoms with Gasteiger partial charge in [-0.1, -0.05) is 26.7 Å². The smallest absolute Gasteiger partial charge is 0.326 e. The molecule has 3 N–H and O–H groups in total. The van der Waals surface area contributed by atoms with Crippen LogP contribution in [0.2, 0.25) is 0 Å². The summed E-state index contributed by atoms with van der Waals surface area (Å²) in [5.74, 6) is -0.965. The summed E-state index contributed by atoms with van der Waals surface area (Å²) in [5, 5.41) is 14.5. The lowest BCUT2D eigenvalue weighted by molar-refractivity contribution is -0.139. The van der Waals surface area contributed by atoms with Crippen LogP contribution >= 0.6 is 0 Å². The summed E-state index contributed by atoms with van der Waals surface area (Å²) in [6.45, 7) is 7.00. The first kappa shape index (κ1) is 16.8. The van der Waals surface area contributed by atoms with Crippen molar-refractivity contribution < 1.29 is 14.7 Å². The van der Waals surface area contributed by atoms with Crippen LogP contribution in [0.4, 0.5) is 4.79 Å². The summed E-state index contributed by atoms with van der Waals surface area (Å²) < 4.78 is 0. The van der Waals surface area contributed by atoms with Crippen molar-refractivity contribution in [3.63, 3.8) is 0 Å². The van der Waals surface area contributed by atoms with E-state index in [0.29, 0.717) is 6.42 Å². The van der Waals surface area contributed by atoms with Gasteiger partial charge in [-0.3, -0.25) is 0 Å². The number of likely N-dealkylation sites (tertiary alicyclic amines) is 1. The predicted molar refractivity (Wildman–Crippen MR) is 77.8 cm³/mol. The highest BCUT2D eigenvalue weighted by molar-refractivity contribution is 5.82. The number of hydrogen-bond acceptors (Lipinski definition) is 3. The largest absolute Gasteiger partial charge is 0.480 e. The fraction of sp³-hybridized carbons (Fsp3) is 0.857. The number of unbranched alkanes of at least 4 members (excludes halogenated alkanes) is 1. The van der Waals surface area contributed by atoms with E-state index in [1.807, 2.05) is 6.92 Å². The van der Waals surface area contributed by atoms with E-state index in [1.54, 1.807) is 0 Å². The number of carboxylic acid groups (broad SMARTS) is 1. The van der Waals surface area contributed by atoms with Crippen LogP contribution in [0.25, 0.3) is 0 Å². The number of rotatable bonds is 7. The second-order valence-corrected chi connectivity index (χ2v) is 5.38. The van der Waals surface area contributed by atoms with Crippen LogP contribution in [-0.4, -0.2) is 53.7 Å². The lowest BCUT2D eigenvalue weighted by Crippen LogP contribution is -2.53. The monoisotopic (exact) mass is 285 g/mol. The Kier molecular flexibility index (Phi) is 7.36. The van der Waals surface area contributed by atoms with Crippen molar-refractivity contribution in [2.24, 2.45) is 0 Å². The molecule has 6 heteroatoms. The topological polar surface area (TPSA) is 81.7 Å². The van der Waals surface area contributed by atoms with Gasteiger partial charge in [0.1, 0.15) is 6.04 Å². The van der Waals surface area contributed by atoms with Gasteiger partial charge in [-0.2, -0.15) is 0 Å². The first-order valence-electron chi connectivity index (χ1n) is 7.59. The molecule has 0 radical (unpaired) electrons. The molecule has 0 spiro atoms. The van der Waals surface area contributed by atoms with Gasteiger partial charge in [0.05, 0.1) is 0 Å². The molecule has 1 heterocycles. The maximum atomic E-state index is 11.9. The van der Waals surface area contributed by atoms with Crippen molar-refractivity contribution in [2.75, 3.05) is 19.6 Å². The third-order valence-corrected chi connectivity index (χ3v) is 3.74. The molecule has 2 atom stereocenters. The number of amides is 2. The average Bonchev–Trinajstić information content (AvgIpc) is 2.43. The van der Waals surface area contributed by atoms with E-state index in [-0.39, 0.29) is 12.1 Å². The molecule has 1 fully saturated rings. The standard InChI is InChI=1S/C14H27N3O3/c1-3-5-8-12(13(18)19)16-14(20)15-11-7-6-9-17(4-2)10-11/h11-12H,3-10H2,1-2H3,(H,18,19)(H2,15,16,20)/t11?,12-/m0/s1. The molecule has 2 amide bonds. The van der Waals surface area contributed by atoms with E-state index in [2.05, 4.69) is 22.5 Å². The van der Waals surface area contributed by atoms with Crippen LogP contribution in [0.5, 0.6) is 0 Å². The summed E-state index contributed by atoms with van der Waals surface area (Å²) in [6, 6.07) is -1.04. The van der Waals surface area contributed by atoms with E-state index >= 15 is 0 Å². The number of nitrogens with one attached hydrogen (secondary N) is 2. The van der Waals surface area contributed by atoms with Crippen LogP contribution in [0.3, 0.4) is 0 Å². The number of piperidine rings is 1. The van der Waals surface area contributed by atoms with Gasteiger partial charge >= 0.3 is 12.0 Å². The average molecular weight is 285 g/mol. The first-order valence-corrected chi connectivity index (χ1v) is 7.59. The maximum absolute atomic E-state index is 11.9. The number of carboxylic acids is 1. The third-order valence-electron chi connectivity index (χ3n) is 3.74. The first-order chi connectivity index (χ1) is 9.56. The van der Waals surface area contributed by atoms with Gasteiger partial charge in [0.25, 0.3) is 0 Å². The van der Waals surface area contributed by atoms with Gasteiger partial charge in [0.15, 0.2) is 0 Å². The van der Waals surface area contributed by atoms with Crippen molar-refractivity contribution in [3.05, 3.63) is 0 Å². The molecule has 1 rings (SSSR count). The van der Waals surface area contributed by atoms with Gasteiger partial charge in [0, 0.05) is 12.6 Å². The highest BCUT2D eigenvalue weighted by Gasteiger charge is 2.23. The van der Waals surface area contributed by atoms with Crippen LogP contribution in [0, 0.1) is 0 Å². The van der Waals surface area contributed by atoms with Gasteiger partial charge in [-0.15, -0.1) is 0 Å². The van der Waals surface area contributed by atoms with E-state index < -0.39 is 12.0 Å². The molecular formula is C14H27N3O3. The van der Waals surface area contributed by atoms with Crippen LogP contribution in [-0.2, 0) is 4.79 Å². The Labute approximate surface area is 120 Å². The number of urea groups is 1. The number of aliphatic carboxylic acids is 1. The maximum Gasteiger partial charge on any atom is 0.326 e. The number of hydrogen-bond donors (Lipinski definition) is 3. The van der Waals surface area contributed by atoms with E-state index in [0.717, 1.165) is 45.3 Å². The predicted octanol–water partition coefficient (Wildman–Crippen LogP) is 1.41. The van der Waals surface area contributed by atoms with Crippen molar-refractivity contribution in [3.8, 4) is 0 Å². The highest BCUT2D eigenvalue weighted by atomic mass is 16.4. The van der Waals surface area contributed by atoms with E-state index in [1.165, 1.54) is 0 Å². The summed E-state index contributed by atoms with van der Waals surface area (Å²) in [4.78, 5) is 25.3. The molecule has 0 aromatic rings. The molecule has 116 valence electrons. The molecule has 0 aliphatic carbocycles. The number of carbonyl (C=O) groups excluding carboxylic acids is 1. The molecular weight excluding hydrogens is 258 g/mol. The van der Waals surface area contributed by atoms with Crippen LogP contribution in [0.15, 0.2) is 0 Å². The summed E-state index contributed by atoms with van der Waals surface area (Å²) >= 11 is 0. The number of carbonyl (C=O) groups is 2. The SMILES string of the molecule is CCCC[C@H](NC(=O)NC1CCCN(CC)C1)C(=O)O. The molecule has 0 saturated carbocycles. The Morgan fingerprint density at radius 3 is 2.75 bits per heavy atom. The molecule has 1 unspecified atom stereocenters. The zero-order chi connectivity index (χ0) is 15.0. The molecule has 20 heavy (non-hydrogen) atoms. The minimum Gasteiger partial charge on any atom is -0.480 e. The zero-order valence-corrected chi connectivity index (χ0v) is 12.5. The Hall–Kier alpha value is -1.30. The minimum atomic E-state index is -0.965. The second kappa shape index (κ2) is 8.79. The van der Waals surface area contributed by atoms with Gasteiger partial charge in [-0.05, 0) is 32.4 Å². The Bertz CT molecular complexity index is 323. The van der Waals surface area contributed by atoms with E-state index in [9.17, 15) is 9.59 Å². The molecule has 6 nitrogen and oxygen atoms in total. The second-order valence-electron chi connectivity index (χ2n) is 5.38. The lowest BCUT2D eigenvalue weighted by Gasteiger charge is -2.32. The van der Waals surface area contributed by atoms with Crippen LogP contribution in [0.1, 0.15) is 46.0 Å². The fourth-order valence-corrected chi connectivity index (χ4v) is 2.51. The zero-order valence-electron chi connectivity index (χ0n) is 12.5. The summed E-state index contributed by atoms with van der Waals surface area (Å²) in [6.07, 6.45) is 4.21. The Balaban J connectivity index is 2.38. The molecule has 1 aliphatic heterocycles. The molecule has 1 aliphatic rings. The lowest BCUT2D eigenvalue weighted by atomic mass is 10.1. The van der Waals surface area contributed by atoms with Gasteiger partial charge in [0.2, 0.25) is 0 Å².